The number of halogens is 1. The summed E-state index contributed by atoms with van der Waals surface area (Å²) < 4.78 is 10.1. The fourth-order valence-electron chi connectivity index (χ4n) is 1.20. The standard InChI is InChI=1S/C8H14ClNO2S/c1-5(2)10(6(3)4)8(11)7(9)13-12/h5-6H,1-4H3. The summed E-state index contributed by atoms with van der Waals surface area (Å²) in [5, 5.41) is 0. The molecule has 0 saturated heterocycles. The molecule has 0 aliphatic rings. The van der Waals surface area contributed by atoms with Crippen LogP contribution in [0.15, 0.2) is 0 Å². The lowest BCUT2D eigenvalue weighted by Gasteiger charge is -2.29. The third-order valence-corrected chi connectivity index (χ3v) is 2.26. The first-order valence-electron chi connectivity index (χ1n) is 4.06. The van der Waals surface area contributed by atoms with Crippen molar-refractivity contribution in [3.05, 3.63) is 0 Å². The molecule has 0 aromatic rings. The predicted octanol–water partition coefficient (Wildman–Crippen LogP) is 1.21. The molecule has 0 spiro atoms. The molecule has 0 radical (unpaired) electrons. The highest BCUT2D eigenvalue weighted by atomic mass is 35.5. The van der Waals surface area contributed by atoms with E-state index in [0.717, 1.165) is 0 Å². The molecule has 0 aliphatic heterocycles. The molecule has 0 heterocycles. The first kappa shape index (κ1) is 12.7. The van der Waals surface area contributed by atoms with E-state index in [-0.39, 0.29) is 33.6 Å². The summed E-state index contributed by atoms with van der Waals surface area (Å²) in [6, 6.07) is 0.0989. The Bertz CT molecular complexity index is 239. The summed E-state index contributed by atoms with van der Waals surface area (Å²) in [4.78, 5) is 13.1. The minimum atomic E-state index is -0.383. The lowest BCUT2D eigenvalue weighted by molar-refractivity contribution is -0.126. The van der Waals surface area contributed by atoms with Gasteiger partial charge >= 0.3 is 0 Å². The van der Waals surface area contributed by atoms with Crippen LogP contribution >= 0.6 is 11.6 Å². The zero-order valence-electron chi connectivity index (χ0n) is 8.20. The molecule has 0 atom stereocenters. The lowest BCUT2D eigenvalue weighted by Crippen LogP contribution is -2.44. The van der Waals surface area contributed by atoms with Crippen LogP contribution in [0.1, 0.15) is 27.7 Å². The van der Waals surface area contributed by atoms with E-state index < -0.39 is 0 Å². The Hall–Kier alpha value is -0.350. The molecule has 0 N–H and O–H groups in total. The first-order chi connectivity index (χ1) is 5.91. The smallest absolute Gasteiger partial charge is 0.279 e. The van der Waals surface area contributed by atoms with Crippen LogP contribution in [0.5, 0.6) is 0 Å². The van der Waals surface area contributed by atoms with Gasteiger partial charge in [-0.25, -0.2) is 4.21 Å². The highest BCUT2D eigenvalue weighted by Gasteiger charge is 2.22. The Morgan fingerprint density at radius 2 is 1.62 bits per heavy atom. The van der Waals surface area contributed by atoms with Gasteiger partial charge in [0.15, 0.2) is 4.32 Å². The van der Waals surface area contributed by atoms with Crippen molar-refractivity contribution < 1.29 is 9.00 Å². The highest BCUT2D eigenvalue weighted by molar-refractivity contribution is 7.72. The van der Waals surface area contributed by atoms with Gasteiger partial charge in [-0.3, -0.25) is 4.79 Å². The van der Waals surface area contributed by atoms with Crippen LogP contribution in [0, 0.1) is 0 Å². The molecule has 0 unspecified atom stereocenters. The molecule has 0 aromatic heterocycles. The molecule has 0 fully saturated rings. The van der Waals surface area contributed by atoms with Gasteiger partial charge < -0.3 is 4.90 Å². The molecule has 1 amide bonds. The summed E-state index contributed by atoms with van der Waals surface area (Å²) >= 11 is 5.51. The minimum Gasteiger partial charge on any atom is -0.332 e. The third kappa shape index (κ3) is 3.48. The second-order valence-corrected chi connectivity index (χ2v) is 4.43. The van der Waals surface area contributed by atoms with E-state index in [1.807, 2.05) is 27.7 Å². The van der Waals surface area contributed by atoms with Crippen molar-refractivity contribution in [2.45, 2.75) is 39.8 Å². The maximum atomic E-state index is 11.5. The number of amides is 1. The number of hydrogen-bond acceptors (Lipinski definition) is 2. The van der Waals surface area contributed by atoms with Gasteiger partial charge in [0.1, 0.15) is 11.3 Å². The van der Waals surface area contributed by atoms with E-state index in [1.165, 1.54) is 0 Å². The molecule has 0 bridgehead atoms. The maximum absolute atomic E-state index is 11.5. The second kappa shape index (κ2) is 5.40. The van der Waals surface area contributed by atoms with Crippen LogP contribution in [-0.2, 0) is 16.1 Å². The average molecular weight is 224 g/mol. The van der Waals surface area contributed by atoms with Crippen molar-refractivity contribution in [2.75, 3.05) is 0 Å². The predicted molar refractivity (Wildman–Crippen MR) is 56.1 cm³/mol. The number of hydrogen-bond donors (Lipinski definition) is 0. The fraction of sp³-hybridized carbons (Fsp3) is 0.750. The van der Waals surface area contributed by atoms with Crippen molar-refractivity contribution in [1.29, 1.82) is 0 Å². The van der Waals surface area contributed by atoms with Crippen LogP contribution in [0.3, 0.4) is 0 Å². The van der Waals surface area contributed by atoms with Gasteiger partial charge in [0.2, 0.25) is 0 Å². The number of carbonyl (C=O) groups excluding carboxylic acids is 1. The largest absolute Gasteiger partial charge is 0.332 e. The Morgan fingerprint density at radius 3 is 1.85 bits per heavy atom. The van der Waals surface area contributed by atoms with Crippen molar-refractivity contribution in [1.82, 2.24) is 4.90 Å². The van der Waals surface area contributed by atoms with E-state index in [2.05, 4.69) is 0 Å². The van der Waals surface area contributed by atoms with Gasteiger partial charge in [-0.1, -0.05) is 11.6 Å². The monoisotopic (exact) mass is 223 g/mol. The Kier molecular flexibility index (Phi) is 5.25. The highest BCUT2D eigenvalue weighted by Crippen LogP contribution is 2.06. The van der Waals surface area contributed by atoms with Crippen molar-refractivity contribution in [3.8, 4) is 0 Å². The van der Waals surface area contributed by atoms with Crippen LogP contribution in [0.4, 0.5) is 0 Å². The third-order valence-electron chi connectivity index (χ3n) is 1.59. The summed E-state index contributed by atoms with van der Waals surface area (Å²) in [5.41, 5.74) is 0. The quantitative estimate of drug-likeness (QED) is 0.533. The Labute approximate surface area is 87.1 Å². The topological polar surface area (TPSA) is 37.4 Å². The lowest BCUT2D eigenvalue weighted by atomic mass is 10.2. The Balaban J connectivity index is 4.77. The molecule has 5 heteroatoms. The minimum absolute atomic E-state index is 0.0369. The second-order valence-electron chi connectivity index (χ2n) is 3.26. The van der Waals surface area contributed by atoms with Crippen LogP contribution in [-0.4, -0.2) is 31.4 Å². The molecule has 13 heavy (non-hydrogen) atoms. The van der Waals surface area contributed by atoms with Gasteiger partial charge in [0, 0.05) is 12.1 Å². The van der Waals surface area contributed by atoms with Crippen LogP contribution in [0.25, 0.3) is 0 Å². The molecule has 0 aromatic carbocycles. The van der Waals surface area contributed by atoms with E-state index in [9.17, 15) is 9.00 Å². The van der Waals surface area contributed by atoms with Crippen molar-refractivity contribution in [2.24, 2.45) is 0 Å². The van der Waals surface area contributed by atoms with E-state index in [0.29, 0.717) is 0 Å². The number of nitrogens with zero attached hydrogens (tertiary/aromatic N) is 1. The van der Waals surface area contributed by atoms with Crippen molar-refractivity contribution in [3.63, 3.8) is 0 Å². The van der Waals surface area contributed by atoms with E-state index >= 15 is 0 Å². The summed E-state index contributed by atoms with van der Waals surface area (Å²) in [7, 11) is 0. The summed E-state index contributed by atoms with van der Waals surface area (Å²) in [5.74, 6) is -0.383. The number of carbonyl (C=O) groups is 1. The van der Waals surface area contributed by atoms with Crippen molar-refractivity contribution >= 4 is 33.1 Å². The van der Waals surface area contributed by atoms with E-state index in [4.69, 9.17) is 11.6 Å². The summed E-state index contributed by atoms with van der Waals surface area (Å²) in [6.07, 6.45) is 0. The van der Waals surface area contributed by atoms with Gasteiger partial charge in [-0.05, 0) is 27.7 Å². The van der Waals surface area contributed by atoms with Gasteiger partial charge in [-0.15, -0.1) is 0 Å². The average Bonchev–Trinajstić information content (AvgIpc) is 2.01. The maximum Gasteiger partial charge on any atom is 0.279 e. The number of rotatable bonds is 3. The van der Waals surface area contributed by atoms with E-state index in [1.54, 1.807) is 4.90 Å². The molecule has 3 nitrogen and oxygen atoms in total. The van der Waals surface area contributed by atoms with Gasteiger partial charge in [0.05, 0.1) is 0 Å². The Morgan fingerprint density at radius 1 is 1.23 bits per heavy atom. The molecular formula is C8H14ClNO2S. The zero-order chi connectivity index (χ0) is 10.6. The molecule has 0 aliphatic carbocycles. The van der Waals surface area contributed by atoms with Gasteiger partial charge in [-0.2, -0.15) is 0 Å². The molecule has 0 saturated carbocycles. The fourth-order valence-corrected chi connectivity index (χ4v) is 1.48. The SMILES string of the molecule is CC(C)N(C(=O)C(Cl)=S=O)C(C)C. The van der Waals surface area contributed by atoms with Crippen LogP contribution < -0.4 is 0 Å². The summed E-state index contributed by atoms with van der Waals surface area (Å²) in [6.45, 7) is 7.55. The first-order valence-corrected chi connectivity index (χ1v) is 5.18. The van der Waals surface area contributed by atoms with Crippen LogP contribution in [0.2, 0.25) is 0 Å². The zero-order valence-corrected chi connectivity index (χ0v) is 9.78. The molecular weight excluding hydrogens is 210 g/mol. The van der Waals surface area contributed by atoms with Gasteiger partial charge in [0.25, 0.3) is 5.91 Å². The molecule has 0 rings (SSSR count). The molecule has 76 valence electrons. The normalized spacial score (nSPS) is 10.4.